The van der Waals surface area contributed by atoms with Gasteiger partial charge in [0.25, 0.3) is 5.91 Å². The molecule has 0 heterocycles. The Kier molecular flexibility index (Phi) is 8.86. The van der Waals surface area contributed by atoms with Gasteiger partial charge in [-0.15, -0.1) is 0 Å². The molecule has 192 valence electrons. The predicted octanol–water partition coefficient (Wildman–Crippen LogP) is 5.96. The summed E-state index contributed by atoms with van der Waals surface area (Å²) in [5, 5.41) is 4.01. The summed E-state index contributed by atoms with van der Waals surface area (Å²) in [7, 11) is 0. The van der Waals surface area contributed by atoms with Crippen LogP contribution in [0, 0.1) is 6.92 Å². The fourth-order valence-corrected chi connectivity index (χ4v) is 3.43. The molecule has 38 heavy (non-hydrogen) atoms. The summed E-state index contributed by atoms with van der Waals surface area (Å²) < 4.78 is 16.6. The fourth-order valence-electron chi connectivity index (χ4n) is 3.43. The predicted molar refractivity (Wildman–Crippen MR) is 146 cm³/mol. The van der Waals surface area contributed by atoms with Gasteiger partial charge in [0.15, 0.2) is 0 Å². The summed E-state index contributed by atoms with van der Waals surface area (Å²) in [6.07, 6.45) is 1.51. The molecule has 0 aromatic heterocycles. The minimum Gasteiger partial charge on any atom is -0.494 e. The SMILES string of the molecule is CCOc1ccc(C(=O)Oc2ccc(/C=N\NC(=O)c3ccc(OCc4ccc(C)cc4)cc3)cc2)cc1. The van der Waals surface area contributed by atoms with Crippen molar-refractivity contribution in [1.82, 2.24) is 5.43 Å². The number of hydrazone groups is 1. The third-order valence-corrected chi connectivity index (χ3v) is 5.51. The molecule has 1 amide bonds. The Hall–Kier alpha value is -4.91. The van der Waals surface area contributed by atoms with Crippen molar-refractivity contribution >= 4 is 18.1 Å². The Morgan fingerprint density at radius 2 is 1.32 bits per heavy atom. The number of carbonyl (C=O) groups excluding carboxylic acids is 2. The van der Waals surface area contributed by atoms with Crippen LogP contribution < -0.4 is 19.6 Å². The van der Waals surface area contributed by atoms with Gasteiger partial charge in [-0.05, 0) is 97.8 Å². The van der Waals surface area contributed by atoms with E-state index in [1.807, 2.05) is 38.1 Å². The number of esters is 1. The number of benzene rings is 4. The van der Waals surface area contributed by atoms with E-state index in [0.717, 1.165) is 11.1 Å². The number of nitrogens with zero attached hydrogens (tertiary/aromatic N) is 1. The molecule has 0 aliphatic rings. The summed E-state index contributed by atoms with van der Waals surface area (Å²) in [5.41, 5.74) is 6.39. The van der Waals surface area contributed by atoms with Crippen LogP contribution in [0.25, 0.3) is 0 Å². The molecule has 0 spiro atoms. The molecule has 0 radical (unpaired) electrons. The van der Waals surface area contributed by atoms with Crippen LogP contribution in [-0.2, 0) is 6.61 Å². The van der Waals surface area contributed by atoms with Gasteiger partial charge in [0.1, 0.15) is 23.9 Å². The van der Waals surface area contributed by atoms with Crippen LogP contribution in [0.2, 0.25) is 0 Å². The largest absolute Gasteiger partial charge is 0.494 e. The summed E-state index contributed by atoms with van der Waals surface area (Å²) >= 11 is 0. The molecule has 7 heteroatoms. The van der Waals surface area contributed by atoms with E-state index in [1.54, 1.807) is 72.8 Å². The van der Waals surface area contributed by atoms with E-state index >= 15 is 0 Å². The average molecular weight is 509 g/mol. The van der Waals surface area contributed by atoms with E-state index in [-0.39, 0.29) is 5.91 Å². The van der Waals surface area contributed by atoms with Gasteiger partial charge in [0, 0.05) is 5.56 Å². The topological polar surface area (TPSA) is 86.2 Å². The maximum atomic E-state index is 12.4. The molecule has 0 aliphatic carbocycles. The van der Waals surface area contributed by atoms with E-state index in [0.29, 0.717) is 41.6 Å². The van der Waals surface area contributed by atoms with Crippen molar-refractivity contribution in [2.75, 3.05) is 6.61 Å². The minimum atomic E-state index is -0.465. The highest BCUT2D eigenvalue weighted by Gasteiger charge is 2.09. The van der Waals surface area contributed by atoms with E-state index in [9.17, 15) is 9.59 Å². The van der Waals surface area contributed by atoms with Crippen LogP contribution >= 0.6 is 0 Å². The van der Waals surface area contributed by atoms with Crippen LogP contribution in [0.4, 0.5) is 0 Å². The summed E-state index contributed by atoms with van der Waals surface area (Å²) in [4.78, 5) is 24.7. The highest BCUT2D eigenvalue weighted by Crippen LogP contribution is 2.17. The molecule has 0 atom stereocenters. The van der Waals surface area contributed by atoms with Crippen molar-refractivity contribution in [2.24, 2.45) is 5.10 Å². The van der Waals surface area contributed by atoms with E-state index in [2.05, 4.69) is 10.5 Å². The Morgan fingerprint density at radius 3 is 1.95 bits per heavy atom. The van der Waals surface area contributed by atoms with Crippen LogP contribution in [0.1, 0.15) is 44.3 Å². The number of hydrogen-bond donors (Lipinski definition) is 1. The maximum Gasteiger partial charge on any atom is 0.343 e. The molecule has 0 aliphatic heterocycles. The van der Waals surface area contributed by atoms with Crippen molar-refractivity contribution < 1.29 is 23.8 Å². The van der Waals surface area contributed by atoms with Gasteiger partial charge < -0.3 is 14.2 Å². The van der Waals surface area contributed by atoms with Crippen LogP contribution in [-0.4, -0.2) is 24.7 Å². The highest BCUT2D eigenvalue weighted by atomic mass is 16.5. The molecule has 4 aromatic rings. The van der Waals surface area contributed by atoms with Crippen LogP contribution in [0.3, 0.4) is 0 Å². The van der Waals surface area contributed by atoms with E-state index in [1.165, 1.54) is 11.8 Å². The summed E-state index contributed by atoms with van der Waals surface area (Å²) in [6, 6.07) is 28.5. The smallest absolute Gasteiger partial charge is 0.343 e. The fraction of sp³-hybridized carbons (Fsp3) is 0.129. The second kappa shape index (κ2) is 12.9. The lowest BCUT2D eigenvalue weighted by molar-refractivity contribution is 0.0734. The Labute approximate surface area is 221 Å². The number of rotatable bonds is 10. The number of hydrogen-bond acceptors (Lipinski definition) is 6. The van der Waals surface area contributed by atoms with Crippen molar-refractivity contribution in [2.45, 2.75) is 20.5 Å². The number of carbonyl (C=O) groups is 2. The van der Waals surface area contributed by atoms with E-state index in [4.69, 9.17) is 14.2 Å². The van der Waals surface area contributed by atoms with Crippen LogP contribution in [0.5, 0.6) is 17.2 Å². The van der Waals surface area contributed by atoms with Gasteiger partial charge in [-0.1, -0.05) is 29.8 Å². The van der Waals surface area contributed by atoms with Crippen LogP contribution in [0.15, 0.2) is 102 Å². The summed E-state index contributed by atoms with van der Waals surface area (Å²) in [6.45, 7) is 4.95. The molecule has 7 nitrogen and oxygen atoms in total. The third kappa shape index (κ3) is 7.54. The first-order valence-corrected chi connectivity index (χ1v) is 12.2. The lowest BCUT2D eigenvalue weighted by Gasteiger charge is -2.07. The standard InChI is InChI=1S/C31H28N2O5/c1-3-36-27-18-12-26(13-19-27)31(35)38-29-14-8-23(9-15-29)20-32-33-30(34)25-10-16-28(17-11-25)37-21-24-6-4-22(2)5-7-24/h4-20H,3,21H2,1-2H3,(H,33,34)/b32-20-. The van der Waals surface area contributed by atoms with Crippen molar-refractivity contribution in [1.29, 1.82) is 0 Å². The number of nitrogens with one attached hydrogen (secondary N) is 1. The molecule has 0 saturated carbocycles. The molecule has 0 bridgehead atoms. The average Bonchev–Trinajstić information content (AvgIpc) is 2.94. The molecule has 0 unspecified atom stereocenters. The second-order valence-corrected chi connectivity index (χ2v) is 8.41. The highest BCUT2D eigenvalue weighted by molar-refractivity contribution is 5.95. The Balaban J connectivity index is 1.24. The zero-order valence-electron chi connectivity index (χ0n) is 21.2. The number of aryl methyl sites for hydroxylation is 1. The maximum absolute atomic E-state index is 12.4. The van der Waals surface area contributed by atoms with E-state index < -0.39 is 5.97 Å². The van der Waals surface area contributed by atoms with Crippen molar-refractivity contribution in [3.05, 3.63) is 125 Å². The second-order valence-electron chi connectivity index (χ2n) is 8.41. The van der Waals surface area contributed by atoms with Crippen molar-refractivity contribution in [3.8, 4) is 17.2 Å². The Morgan fingerprint density at radius 1 is 0.737 bits per heavy atom. The van der Waals surface area contributed by atoms with Gasteiger partial charge in [-0.25, -0.2) is 10.2 Å². The first-order chi connectivity index (χ1) is 18.5. The lowest BCUT2D eigenvalue weighted by atomic mass is 10.2. The molecule has 0 saturated heterocycles. The monoisotopic (exact) mass is 508 g/mol. The zero-order valence-corrected chi connectivity index (χ0v) is 21.2. The number of amides is 1. The normalized spacial score (nSPS) is 10.7. The van der Waals surface area contributed by atoms with Gasteiger partial charge in [-0.2, -0.15) is 5.10 Å². The minimum absolute atomic E-state index is 0.341. The number of ether oxygens (including phenoxy) is 3. The molecule has 4 aromatic carbocycles. The Bertz CT molecular complexity index is 1380. The molecule has 1 N–H and O–H groups in total. The van der Waals surface area contributed by atoms with Gasteiger partial charge in [0.05, 0.1) is 18.4 Å². The quantitative estimate of drug-likeness (QED) is 0.124. The first-order valence-electron chi connectivity index (χ1n) is 12.2. The molecular weight excluding hydrogens is 480 g/mol. The van der Waals surface area contributed by atoms with Gasteiger partial charge >= 0.3 is 5.97 Å². The van der Waals surface area contributed by atoms with Gasteiger partial charge in [-0.3, -0.25) is 4.79 Å². The zero-order chi connectivity index (χ0) is 26.7. The van der Waals surface area contributed by atoms with Crippen molar-refractivity contribution in [3.63, 3.8) is 0 Å². The molecule has 0 fully saturated rings. The molecule has 4 rings (SSSR count). The summed E-state index contributed by atoms with van der Waals surface area (Å²) in [5.74, 6) is 0.962. The molecular formula is C31H28N2O5. The lowest BCUT2D eigenvalue weighted by Crippen LogP contribution is -2.17. The van der Waals surface area contributed by atoms with Gasteiger partial charge in [0.2, 0.25) is 0 Å². The first kappa shape index (κ1) is 26.2. The third-order valence-electron chi connectivity index (χ3n) is 5.51.